The number of fused-ring (bicyclic) bond motifs is 1. The number of amides is 1. The lowest BCUT2D eigenvalue weighted by Gasteiger charge is -2.14. The van der Waals surface area contributed by atoms with Crippen LogP contribution in [0.3, 0.4) is 0 Å². The zero-order valence-electron chi connectivity index (χ0n) is 16.3. The van der Waals surface area contributed by atoms with Crippen LogP contribution in [0.25, 0.3) is 11.0 Å². The number of carbonyl (C=O) groups excluding carboxylic acids is 1. The molecule has 8 heteroatoms. The highest BCUT2D eigenvalue weighted by atomic mass is 16.5. The van der Waals surface area contributed by atoms with E-state index in [2.05, 4.69) is 10.3 Å². The Balaban J connectivity index is 2.11. The first-order valence-corrected chi connectivity index (χ1v) is 8.89. The molecule has 2 aromatic heterocycles. The molecule has 0 saturated heterocycles. The van der Waals surface area contributed by atoms with E-state index in [4.69, 9.17) is 4.74 Å². The second kappa shape index (κ2) is 7.67. The highest BCUT2D eigenvalue weighted by Crippen LogP contribution is 2.25. The molecule has 0 fully saturated rings. The molecule has 0 aliphatic rings. The van der Waals surface area contributed by atoms with Crippen LogP contribution in [-0.2, 0) is 24.8 Å². The lowest BCUT2D eigenvalue weighted by Crippen LogP contribution is -2.42. The molecular formula is C20H22N4O4. The van der Waals surface area contributed by atoms with Gasteiger partial charge < -0.3 is 10.1 Å². The minimum atomic E-state index is -0.615. The van der Waals surface area contributed by atoms with E-state index < -0.39 is 23.7 Å². The van der Waals surface area contributed by atoms with Gasteiger partial charge in [0.15, 0.2) is 5.65 Å². The van der Waals surface area contributed by atoms with Gasteiger partial charge in [-0.15, -0.1) is 0 Å². The minimum Gasteiger partial charge on any atom is -0.495 e. The van der Waals surface area contributed by atoms with Gasteiger partial charge in [0.1, 0.15) is 17.7 Å². The van der Waals surface area contributed by atoms with Crippen LogP contribution < -0.4 is 21.3 Å². The van der Waals surface area contributed by atoms with Crippen molar-refractivity contribution in [2.45, 2.75) is 26.8 Å². The Morgan fingerprint density at radius 2 is 1.96 bits per heavy atom. The highest BCUT2D eigenvalue weighted by molar-refractivity contribution is 5.91. The van der Waals surface area contributed by atoms with E-state index in [1.54, 1.807) is 18.3 Å². The molecule has 0 unspecified atom stereocenters. The monoisotopic (exact) mass is 382 g/mol. The third-order valence-corrected chi connectivity index (χ3v) is 4.69. The largest absolute Gasteiger partial charge is 0.495 e. The molecule has 0 aliphatic heterocycles. The Hall–Kier alpha value is -3.42. The highest BCUT2D eigenvalue weighted by Gasteiger charge is 2.20. The molecule has 1 N–H and O–H groups in total. The zero-order chi connectivity index (χ0) is 20.4. The Labute approximate surface area is 161 Å². The van der Waals surface area contributed by atoms with Crippen molar-refractivity contribution in [3.8, 4) is 5.75 Å². The second-order valence-electron chi connectivity index (χ2n) is 6.46. The number of rotatable bonds is 5. The number of aryl methyl sites for hydroxylation is 3. The number of benzene rings is 1. The molecule has 8 nitrogen and oxygen atoms in total. The van der Waals surface area contributed by atoms with E-state index in [9.17, 15) is 14.4 Å². The number of hydrogen-bond acceptors (Lipinski definition) is 5. The van der Waals surface area contributed by atoms with Crippen molar-refractivity contribution in [1.82, 2.24) is 14.1 Å². The number of para-hydroxylation sites is 1. The summed E-state index contributed by atoms with van der Waals surface area (Å²) >= 11 is 0. The number of ether oxygens (including phenoxy) is 1. The van der Waals surface area contributed by atoms with Crippen molar-refractivity contribution in [1.29, 1.82) is 0 Å². The summed E-state index contributed by atoms with van der Waals surface area (Å²) in [7, 11) is 2.98. The van der Waals surface area contributed by atoms with Gasteiger partial charge in [0.25, 0.3) is 5.56 Å². The molecule has 1 amide bonds. The van der Waals surface area contributed by atoms with E-state index in [1.165, 1.54) is 18.7 Å². The summed E-state index contributed by atoms with van der Waals surface area (Å²) in [6.07, 6.45) is 2.21. The lowest BCUT2D eigenvalue weighted by atomic mass is 10.1. The summed E-state index contributed by atoms with van der Waals surface area (Å²) in [6, 6.07) is 7.28. The fourth-order valence-electron chi connectivity index (χ4n) is 3.14. The first-order chi connectivity index (χ1) is 13.4. The average molecular weight is 382 g/mol. The molecule has 0 atom stereocenters. The van der Waals surface area contributed by atoms with Gasteiger partial charge in [-0.3, -0.25) is 14.2 Å². The molecule has 3 rings (SSSR count). The summed E-state index contributed by atoms with van der Waals surface area (Å²) in [6.45, 7) is 3.37. The zero-order valence-corrected chi connectivity index (χ0v) is 16.3. The normalized spacial score (nSPS) is 10.9. The Morgan fingerprint density at radius 1 is 1.25 bits per heavy atom. The van der Waals surface area contributed by atoms with Gasteiger partial charge >= 0.3 is 5.69 Å². The van der Waals surface area contributed by atoms with Crippen molar-refractivity contribution >= 4 is 22.6 Å². The van der Waals surface area contributed by atoms with Crippen LogP contribution in [0.4, 0.5) is 5.69 Å². The van der Waals surface area contributed by atoms with E-state index in [0.717, 1.165) is 15.7 Å². The molecule has 1 aromatic carbocycles. The molecule has 0 aliphatic carbocycles. The third-order valence-electron chi connectivity index (χ3n) is 4.69. The topological polar surface area (TPSA) is 95.2 Å². The number of aromatic nitrogens is 3. The quantitative estimate of drug-likeness (QED) is 0.723. The van der Waals surface area contributed by atoms with E-state index in [1.807, 2.05) is 26.0 Å². The minimum absolute atomic E-state index is 0.188. The number of carbonyl (C=O) groups is 1. The molecule has 0 saturated carbocycles. The van der Waals surface area contributed by atoms with Crippen LogP contribution in [0, 0.1) is 6.92 Å². The van der Waals surface area contributed by atoms with Gasteiger partial charge in [0.05, 0.1) is 7.11 Å². The number of hydrogen-bond donors (Lipinski definition) is 1. The maximum absolute atomic E-state index is 13.1. The fourth-order valence-corrected chi connectivity index (χ4v) is 3.14. The second-order valence-corrected chi connectivity index (χ2v) is 6.46. The summed E-state index contributed by atoms with van der Waals surface area (Å²) < 4.78 is 7.58. The number of nitrogens with one attached hydrogen (secondary N) is 1. The molecule has 0 radical (unpaired) electrons. The van der Waals surface area contributed by atoms with Crippen LogP contribution in [0.15, 0.2) is 40.1 Å². The smallest absolute Gasteiger partial charge is 0.332 e. The van der Waals surface area contributed by atoms with Crippen molar-refractivity contribution < 1.29 is 9.53 Å². The van der Waals surface area contributed by atoms with E-state index in [-0.39, 0.29) is 11.0 Å². The predicted octanol–water partition coefficient (Wildman–Crippen LogP) is 1.61. The van der Waals surface area contributed by atoms with Gasteiger partial charge in [0, 0.05) is 24.5 Å². The summed E-state index contributed by atoms with van der Waals surface area (Å²) in [5.41, 5.74) is 1.27. The van der Waals surface area contributed by atoms with Gasteiger partial charge in [-0.05, 0) is 25.0 Å². The number of methoxy groups -OCH3 is 1. The number of nitrogens with zero attached hydrogens (tertiary/aromatic N) is 3. The molecule has 0 bridgehead atoms. The fraction of sp³-hybridized carbons (Fsp3) is 0.300. The average Bonchev–Trinajstić information content (AvgIpc) is 2.70. The Morgan fingerprint density at radius 3 is 2.61 bits per heavy atom. The van der Waals surface area contributed by atoms with Gasteiger partial charge in [0.2, 0.25) is 5.91 Å². The maximum atomic E-state index is 13.1. The Bertz CT molecular complexity index is 1180. The first kappa shape index (κ1) is 19.3. The van der Waals surface area contributed by atoms with Crippen molar-refractivity contribution in [3.63, 3.8) is 0 Å². The number of anilines is 1. The molecular weight excluding hydrogens is 360 g/mol. The van der Waals surface area contributed by atoms with Crippen molar-refractivity contribution in [2.24, 2.45) is 7.05 Å². The SMILES string of the molecule is CCc1cnc2c(c1OC)c(=O)n(CC(=O)Nc1ccccc1C)c(=O)n2C. The summed E-state index contributed by atoms with van der Waals surface area (Å²) in [5.74, 6) is -0.0902. The molecule has 28 heavy (non-hydrogen) atoms. The standard InChI is InChI=1S/C20H22N4O4/c1-5-13-10-21-18-16(17(13)28-4)19(26)24(20(27)23(18)3)11-15(25)22-14-9-7-6-8-12(14)2/h6-10H,5,11H2,1-4H3,(H,22,25). The van der Waals surface area contributed by atoms with Gasteiger partial charge in [-0.1, -0.05) is 25.1 Å². The molecule has 0 spiro atoms. The van der Waals surface area contributed by atoms with E-state index in [0.29, 0.717) is 17.9 Å². The van der Waals surface area contributed by atoms with Gasteiger partial charge in [-0.2, -0.15) is 0 Å². The van der Waals surface area contributed by atoms with Gasteiger partial charge in [-0.25, -0.2) is 14.3 Å². The summed E-state index contributed by atoms with van der Waals surface area (Å²) in [5, 5.41) is 2.93. The maximum Gasteiger partial charge on any atom is 0.332 e. The number of pyridine rings is 1. The van der Waals surface area contributed by atoms with Crippen LogP contribution in [0.5, 0.6) is 5.75 Å². The first-order valence-electron chi connectivity index (χ1n) is 8.89. The van der Waals surface area contributed by atoms with Crippen LogP contribution in [-0.4, -0.2) is 27.1 Å². The van der Waals surface area contributed by atoms with Crippen LogP contribution in [0.1, 0.15) is 18.1 Å². The molecule has 2 heterocycles. The molecule has 146 valence electrons. The Kier molecular flexibility index (Phi) is 5.30. The van der Waals surface area contributed by atoms with Crippen LogP contribution >= 0.6 is 0 Å². The molecule has 3 aromatic rings. The van der Waals surface area contributed by atoms with Crippen molar-refractivity contribution in [3.05, 3.63) is 62.4 Å². The van der Waals surface area contributed by atoms with Crippen LogP contribution in [0.2, 0.25) is 0 Å². The van der Waals surface area contributed by atoms with E-state index >= 15 is 0 Å². The van der Waals surface area contributed by atoms with Crippen molar-refractivity contribution in [2.75, 3.05) is 12.4 Å². The third kappa shape index (κ3) is 3.28. The predicted molar refractivity (Wildman–Crippen MR) is 107 cm³/mol. The summed E-state index contributed by atoms with van der Waals surface area (Å²) in [4.78, 5) is 42.5. The lowest BCUT2D eigenvalue weighted by molar-refractivity contribution is -0.116.